The van der Waals surface area contributed by atoms with Gasteiger partial charge in [-0.15, -0.1) is 17.9 Å². The van der Waals surface area contributed by atoms with Crippen LogP contribution in [0, 0.1) is 5.92 Å². The number of nitrogens with one attached hydrogen (secondary N) is 1. The highest BCUT2D eigenvalue weighted by atomic mass is 32.1. The van der Waals surface area contributed by atoms with Crippen molar-refractivity contribution < 1.29 is 9.53 Å². The maximum Gasteiger partial charge on any atom is 0.249 e. The standard InChI is InChI=1S/C16H23NO2S/c1-3-10-19-12(2)16(18)17-15(13-7-4-5-8-13)14-9-6-11-20-14/h3,6,9,11-13,15H,1,4-5,7-8,10H2,2H3,(H,17,18)/t12-,15+/m0/s1. The molecule has 1 aromatic heterocycles. The van der Waals surface area contributed by atoms with Gasteiger partial charge in [0, 0.05) is 4.88 Å². The summed E-state index contributed by atoms with van der Waals surface area (Å²) in [5.74, 6) is 0.529. The normalized spacial score (nSPS) is 18.6. The molecule has 0 bridgehead atoms. The summed E-state index contributed by atoms with van der Waals surface area (Å²) in [4.78, 5) is 13.5. The lowest BCUT2D eigenvalue weighted by molar-refractivity contribution is -0.132. The zero-order valence-corrected chi connectivity index (χ0v) is 12.8. The number of hydrogen-bond acceptors (Lipinski definition) is 3. The molecule has 1 fully saturated rings. The number of carbonyl (C=O) groups is 1. The lowest BCUT2D eigenvalue weighted by atomic mass is 9.96. The first-order valence-electron chi connectivity index (χ1n) is 7.28. The van der Waals surface area contributed by atoms with Gasteiger partial charge in [-0.05, 0) is 37.1 Å². The first-order chi connectivity index (χ1) is 9.72. The molecule has 0 unspecified atom stereocenters. The minimum Gasteiger partial charge on any atom is -0.365 e. The molecule has 2 atom stereocenters. The highest BCUT2D eigenvalue weighted by molar-refractivity contribution is 7.10. The van der Waals surface area contributed by atoms with Crippen LogP contribution in [0.4, 0.5) is 0 Å². The zero-order chi connectivity index (χ0) is 14.4. The van der Waals surface area contributed by atoms with E-state index in [-0.39, 0.29) is 11.9 Å². The van der Waals surface area contributed by atoms with E-state index in [2.05, 4.69) is 23.3 Å². The molecule has 1 N–H and O–H groups in total. The Morgan fingerprint density at radius 2 is 2.35 bits per heavy atom. The molecular weight excluding hydrogens is 270 g/mol. The van der Waals surface area contributed by atoms with Gasteiger partial charge in [0.25, 0.3) is 0 Å². The second-order valence-corrected chi connectivity index (χ2v) is 6.29. The van der Waals surface area contributed by atoms with Gasteiger partial charge in [0.05, 0.1) is 12.6 Å². The fourth-order valence-electron chi connectivity index (χ4n) is 2.74. The number of hydrogen-bond donors (Lipinski definition) is 1. The van der Waals surface area contributed by atoms with E-state index in [4.69, 9.17) is 4.74 Å². The fraction of sp³-hybridized carbons (Fsp3) is 0.562. The molecule has 1 aliphatic carbocycles. The van der Waals surface area contributed by atoms with E-state index in [1.54, 1.807) is 24.3 Å². The van der Waals surface area contributed by atoms with Crippen molar-refractivity contribution in [3.8, 4) is 0 Å². The van der Waals surface area contributed by atoms with Crippen molar-refractivity contribution in [1.29, 1.82) is 0 Å². The zero-order valence-electron chi connectivity index (χ0n) is 12.0. The minimum atomic E-state index is -0.433. The van der Waals surface area contributed by atoms with Crippen molar-refractivity contribution in [2.75, 3.05) is 6.61 Å². The number of rotatable bonds is 7. The van der Waals surface area contributed by atoms with Gasteiger partial charge in [-0.1, -0.05) is 25.0 Å². The van der Waals surface area contributed by atoms with Crippen LogP contribution in [0.3, 0.4) is 0 Å². The third kappa shape index (κ3) is 3.93. The smallest absolute Gasteiger partial charge is 0.249 e. The first kappa shape index (κ1) is 15.3. The Bertz CT molecular complexity index is 424. The SMILES string of the molecule is C=CCO[C@@H](C)C(=O)N[C@@H](c1cccs1)C1CCCC1. The van der Waals surface area contributed by atoms with Crippen molar-refractivity contribution in [3.63, 3.8) is 0 Å². The monoisotopic (exact) mass is 293 g/mol. The Balaban J connectivity index is 2.00. The van der Waals surface area contributed by atoms with Crippen LogP contribution in [0.15, 0.2) is 30.2 Å². The molecule has 1 saturated carbocycles. The van der Waals surface area contributed by atoms with E-state index < -0.39 is 6.10 Å². The molecule has 0 radical (unpaired) electrons. The molecule has 0 spiro atoms. The molecule has 2 rings (SSSR count). The van der Waals surface area contributed by atoms with Gasteiger partial charge in [0.1, 0.15) is 6.10 Å². The van der Waals surface area contributed by atoms with Crippen molar-refractivity contribution in [1.82, 2.24) is 5.32 Å². The van der Waals surface area contributed by atoms with E-state index in [9.17, 15) is 4.79 Å². The fourth-order valence-corrected chi connectivity index (χ4v) is 3.61. The Kier molecular flexibility index (Phi) is 5.80. The Morgan fingerprint density at radius 3 is 2.95 bits per heavy atom. The molecule has 0 aromatic carbocycles. The third-order valence-corrected chi connectivity index (χ3v) is 4.81. The summed E-state index contributed by atoms with van der Waals surface area (Å²) in [5.41, 5.74) is 0. The van der Waals surface area contributed by atoms with Crippen LogP contribution >= 0.6 is 11.3 Å². The summed E-state index contributed by atoms with van der Waals surface area (Å²) < 4.78 is 5.41. The van der Waals surface area contributed by atoms with E-state index >= 15 is 0 Å². The second-order valence-electron chi connectivity index (χ2n) is 5.31. The molecule has 3 nitrogen and oxygen atoms in total. The van der Waals surface area contributed by atoms with Crippen LogP contribution in [0.2, 0.25) is 0 Å². The van der Waals surface area contributed by atoms with Gasteiger partial charge >= 0.3 is 0 Å². The first-order valence-corrected chi connectivity index (χ1v) is 8.16. The number of ether oxygens (including phenoxy) is 1. The topological polar surface area (TPSA) is 38.3 Å². The van der Waals surface area contributed by atoms with Crippen molar-refractivity contribution >= 4 is 17.2 Å². The molecule has 1 aromatic rings. The number of thiophene rings is 1. The number of amides is 1. The summed E-state index contributed by atoms with van der Waals surface area (Å²) in [6, 6.07) is 4.30. The number of carbonyl (C=O) groups excluding carboxylic acids is 1. The van der Waals surface area contributed by atoms with E-state index in [0.29, 0.717) is 12.5 Å². The van der Waals surface area contributed by atoms with Crippen LogP contribution < -0.4 is 5.32 Å². The predicted molar refractivity (Wildman–Crippen MR) is 82.8 cm³/mol. The summed E-state index contributed by atoms with van der Waals surface area (Å²) >= 11 is 1.72. The minimum absolute atomic E-state index is 0.0304. The van der Waals surface area contributed by atoms with Crippen LogP contribution in [0.1, 0.15) is 43.5 Å². The second kappa shape index (κ2) is 7.60. The highest BCUT2D eigenvalue weighted by Gasteiger charge is 2.29. The van der Waals surface area contributed by atoms with Crippen LogP contribution in [0.5, 0.6) is 0 Å². The maximum absolute atomic E-state index is 12.2. The quantitative estimate of drug-likeness (QED) is 0.779. The van der Waals surface area contributed by atoms with E-state index in [1.807, 2.05) is 6.07 Å². The predicted octanol–water partition coefficient (Wildman–Crippen LogP) is 3.69. The molecule has 1 amide bonds. The van der Waals surface area contributed by atoms with Gasteiger partial charge in [0.15, 0.2) is 0 Å². The lowest BCUT2D eigenvalue weighted by Gasteiger charge is -2.25. The van der Waals surface area contributed by atoms with Crippen molar-refractivity contribution in [3.05, 3.63) is 35.0 Å². The largest absolute Gasteiger partial charge is 0.365 e. The molecule has 0 aliphatic heterocycles. The molecular formula is C16H23NO2S. The van der Waals surface area contributed by atoms with Gasteiger partial charge in [-0.2, -0.15) is 0 Å². The third-order valence-electron chi connectivity index (χ3n) is 3.85. The lowest BCUT2D eigenvalue weighted by Crippen LogP contribution is -2.39. The molecule has 0 saturated heterocycles. The summed E-state index contributed by atoms with van der Waals surface area (Å²) in [7, 11) is 0. The Morgan fingerprint density at radius 1 is 1.60 bits per heavy atom. The maximum atomic E-state index is 12.2. The van der Waals surface area contributed by atoms with Crippen LogP contribution in [0.25, 0.3) is 0 Å². The highest BCUT2D eigenvalue weighted by Crippen LogP contribution is 2.37. The van der Waals surface area contributed by atoms with Gasteiger partial charge in [-0.3, -0.25) is 4.79 Å². The van der Waals surface area contributed by atoms with Crippen molar-refractivity contribution in [2.45, 2.75) is 44.8 Å². The Hall–Kier alpha value is -1.13. The average Bonchev–Trinajstić information content (AvgIpc) is 3.14. The molecule has 1 heterocycles. The summed E-state index contributed by atoms with van der Waals surface area (Å²) in [6.45, 7) is 5.80. The molecule has 1 aliphatic rings. The van der Waals surface area contributed by atoms with E-state index in [1.165, 1.54) is 30.6 Å². The summed E-state index contributed by atoms with van der Waals surface area (Å²) in [5, 5.41) is 5.25. The van der Waals surface area contributed by atoms with Crippen LogP contribution in [-0.4, -0.2) is 18.6 Å². The van der Waals surface area contributed by atoms with Gasteiger partial charge in [0.2, 0.25) is 5.91 Å². The van der Waals surface area contributed by atoms with Crippen LogP contribution in [-0.2, 0) is 9.53 Å². The Labute approximate surface area is 125 Å². The van der Waals surface area contributed by atoms with E-state index in [0.717, 1.165) is 0 Å². The van der Waals surface area contributed by atoms with Gasteiger partial charge < -0.3 is 10.1 Å². The summed E-state index contributed by atoms with van der Waals surface area (Å²) in [6.07, 6.45) is 6.17. The molecule has 110 valence electrons. The van der Waals surface area contributed by atoms with Crippen molar-refractivity contribution in [2.24, 2.45) is 5.92 Å². The average molecular weight is 293 g/mol. The molecule has 20 heavy (non-hydrogen) atoms. The molecule has 4 heteroatoms. The van der Waals surface area contributed by atoms with Gasteiger partial charge in [-0.25, -0.2) is 0 Å².